The highest BCUT2D eigenvalue weighted by molar-refractivity contribution is 5.85. The molecular weight excluding hydrogens is 280 g/mol. The van der Waals surface area contributed by atoms with E-state index in [1.54, 1.807) is 7.11 Å². The molecule has 2 aliphatic rings. The summed E-state index contributed by atoms with van der Waals surface area (Å²) in [5.74, 6) is 0.625. The van der Waals surface area contributed by atoms with Gasteiger partial charge in [0, 0.05) is 20.3 Å². The predicted molar refractivity (Wildman–Crippen MR) is 80.2 cm³/mol. The molecule has 0 aromatic rings. The van der Waals surface area contributed by atoms with Crippen LogP contribution in [0.3, 0.4) is 0 Å². The van der Waals surface area contributed by atoms with Crippen LogP contribution in [0.25, 0.3) is 0 Å². The van der Waals surface area contributed by atoms with Crippen molar-refractivity contribution in [2.24, 2.45) is 11.3 Å². The van der Waals surface area contributed by atoms with E-state index in [0.29, 0.717) is 12.5 Å². The minimum Gasteiger partial charge on any atom is -0.384 e. The molecule has 2 saturated heterocycles. The Labute approximate surface area is 127 Å². The van der Waals surface area contributed by atoms with Crippen LogP contribution >= 0.6 is 12.4 Å². The summed E-state index contributed by atoms with van der Waals surface area (Å²) in [6, 6.07) is 0. The fourth-order valence-electron chi connectivity index (χ4n) is 3.01. The first-order valence-corrected chi connectivity index (χ1v) is 7.32. The van der Waals surface area contributed by atoms with Gasteiger partial charge in [0.25, 0.3) is 0 Å². The van der Waals surface area contributed by atoms with Gasteiger partial charge in [-0.2, -0.15) is 0 Å². The van der Waals surface area contributed by atoms with Crippen molar-refractivity contribution in [1.82, 2.24) is 10.6 Å². The summed E-state index contributed by atoms with van der Waals surface area (Å²) in [7, 11) is 1.67. The molecule has 0 spiro atoms. The van der Waals surface area contributed by atoms with Crippen LogP contribution in [0.15, 0.2) is 0 Å². The summed E-state index contributed by atoms with van der Waals surface area (Å²) in [4.78, 5) is 12.5. The molecule has 0 radical (unpaired) electrons. The zero-order chi connectivity index (χ0) is 13.6. The van der Waals surface area contributed by atoms with Gasteiger partial charge in [0.2, 0.25) is 5.91 Å². The van der Waals surface area contributed by atoms with E-state index in [1.165, 1.54) is 0 Å². The SMILES string of the molecule is COCC1(C(=O)NCC2CCCOC2)CCNCC1.Cl. The zero-order valence-corrected chi connectivity index (χ0v) is 13.1. The maximum absolute atomic E-state index is 12.5. The molecule has 5 nitrogen and oxygen atoms in total. The van der Waals surface area contributed by atoms with Crippen LogP contribution in [0.2, 0.25) is 0 Å². The van der Waals surface area contributed by atoms with Crippen molar-refractivity contribution >= 4 is 18.3 Å². The van der Waals surface area contributed by atoms with Crippen LogP contribution in [0, 0.1) is 11.3 Å². The number of ether oxygens (including phenoxy) is 2. The zero-order valence-electron chi connectivity index (χ0n) is 12.3. The first kappa shape index (κ1) is 17.7. The van der Waals surface area contributed by atoms with Crippen molar-refractivity contribution in [3.05, 3.63) is 0 Å². The second-order valence-corrected chi connectivity index (χ2v) is 5.76. The quantitative estimate of drug-likeness (QED) is 0.794. The molecule has 0 bridgehead atoms. The largest absolute Gasteiger partial charge is 0.384 e. The molecule has 0 aliphatic carbocycles. The minimum atomic E-state index is -0.338. The topological polar surface area (TPSA) is 59.6 Å². The summed E-state index contributed by atoms with van der Waals surface area (Å²) in [6.45, 7) is 4.68. The van der Waals surface area contributed by atoms with E-state index >= 15 is 0 Å². The number of methoxy groups -OCH3 is 1. The van der Waals surface area contributed by atoms with Crippen LogP contribution in [-0.2, 0) is 14.3 Å². The Kier molecular flexibility index (Phi) is 7.80. The third-order valence-electron chi connectivity index (χ3n) is 4.27. The first-order valence-electron chi connectivity index (χ1n) is 7.32. The predicted octanol–water partition coefficient (Wildman–Crippen LogP) is 0.967. The molecule has 0 saturated carbocycles. The van der Waals surface area contributed by atoms with Crippen LogP contribution in [0.4, 0.5) is 0 Å². The van der Waals surface area contributed by atoms with Crippen molar-refractivity contribution in [1.29, 1.82) is 0 Å². The molecule has 1 unspecified atom stereocenters. The molecule has 2 N–H and O–H groups in total. The first-order chi connectivity index (χ1) is 9.27. The lowest BCUT2D eigenvalue weighted by molar-refractivity contribution is -0.136. The number of hydrogen-bond acceptors (Lipinski definition) is 4. The highest BCUT2D eigenvalue weighted by Gasteiger charge is 2.39. The van der Waals surface area contributed by atoms with Gasteiger partial charge in [-0.25, -0.2) is 0 Å². The highest BCUT2D eigenvalue weighted by atomic mass is 35.5. The van der Waals surface area contributed by atoms with E-state index in [4.69, 9.17) is 9.47 Å². The second kappa shape index (κ2) is 8.82. The molecular formula is C14H27ClN2O3. The van der Waals surface area contributed by atoms with E-state index in [1.807, 2.05) is 0 Å². The van der Waals surface area contributed by atoms with Gasteiger partial charge >= 0.3 is 0 Å². The number of rotatable bonds is 5. The molecule has 0 aromatic carbocycles. The average molecular weight is 307 g/mol. The molecule has 6 heteroatoms. The monoisotopic (exact) mass is 306 g/mol. The van der Waals surface area contributed by atoms with Gasteiger partial charge in [-0.3, -0.25) is 4.79 Å². The van der Waals surface area contributed by atoms with Crippen LogP contribution in [0.1, 0.15) is 25.7 Å². The number of halogens is 1. The van der Waals surface area contributed by atoms with Crippen molar-refractivity contribution < 1.29 is 14.3 Å². The number of nitrogens with one attached hydrogen (secondary N) is 2. The smallest absolute Gasteiger partial charge is 0.228 e. The maximum atomic E-state index is 12.5. The Bertz CT molecular complexity index is 285. The third-order valence-corrected chi connectivity index (χ3v) is 4.27. The van der Waals surface area contributed by atoms with Gasteiger partial charge in [-0.05, 0) is 44.7 Å². The summed E-state index contributed by atoms with van der Waals surface area (Å²) in [6.07, 6.45) is 3.97. The molecule has 20 heavy (non-hydrogen) atoms. The molecule has 2 fully saturated rings. The minimum absolute atomic E-state index is 0. The lowest BCUT2D eigenvalue weighted by atomic mass is 9.78. The Morgan fingerprint density at radius 3 is 2.80 bits per heavy atom. The summed E-state index contributed by atoms with van der Waals surface area (Å²) >= 11 is 0. The van der Waals surface area contributed by atoms with Gasteiger partial charge in [0.15, 0.2) is 0 Å². The number of piperidine rings is 1. The molecule has 2 rings (SSSR count). The number of amides is 1. The van der Waals surface area contributed by atoms with Gasteiger partial charge in [-0.1, -0.05) is 0 Å². The molecule has 0 aromatic heterocycles. The van der Waals surface area contributed by atoms with Crippen molar-refractivity contribution in [3.8, 4) is 0 Å². The van der Waals surface area contributed by atoms with Crippen LogP contribution in [-0.4, -0.2) is 52.5 Å². The Hall–Kier alpha value is -0.360. The van der Waals surface area contributed by atoms with Gasteiger partial charge < -0.3 is 20.1 Å². The molecule has 1 atom stereocenters. The Morgan fingerprint density at radius 2 is 2.20 bits per heavy atom. The van der Waals surface area contributed by atoms with Gasteiger partial charge in [-0.15, -0.1) is 12.4 Å². The second-order valence-electron chi connectivity index (χ2n) is 5.76. The van der Waals surface area contributed by atoms with Crippen molar-refractivity contribution in [3.63, 3.8) is 0 Å². The van der Waals surface area contributed by atoms with Crippen molar-refractivity contribution in [2.45, 2.75) is 25.7 Å². The van der Waals surface area contributed by atoms with E-state index in [2.05, 4.69) is 10.6 Å². The number of carbonyl (C=O) groups is 1. The summed E-state index contributed by atoms with van der Waals surface area (Å²) < 4.78 is 10.7. The van der Waals surface area contributed by atoms with E-state index in [-0.39, 0.29) is 23.7 Å². The van der Waals surface area contributed by atoms with E-state index in [9.17, 15) is 4.79 Å². The molecule has 1 amide bonds. The average Bonchev–Trinajstić information content (AvgIpc) is 2.47. The van der Waals surface area contributed by atoms with E-state index < -0.39 is 0 Å². The number of hydrogen-bond donors (Lipinski definition) is 2. The Balaban J connectivity index is 0.00000200. The van der Waals surface area contributed by atoms with E-state index in [0.717, 1.165) is 58.5 Å². The van der Waals surface area contributed by atoms with Crippen LogP contribution < -0.4 is 10.6 Å². The normalized spacial score (nSPS) is 25.6. The molecule has 118 valence electrons. The summed E-state index contributed by atoms with van der Waals surface area (Å²) in [5.41, 5.74) is -0.338. The van der Waals surface area contributed by atoms with Gasteiger partial charge in [0.05, 0.1) is 18.6 Å². The summed E-state index contributed by atoms with van der Waals surface area (Å²) in [5, 5.41) is 6.42. The Morgan fingerprint density at radius 1 is 1.45 bits per heavy atom. The van der Waals surface area contributed by atoms with Crippen LogP contribution in [0.5, 0.6) is 0 Å². The van der Waals surface area contributed by atoms with Gasteiger partial charge in [0.1, 0.15) is 0 Å². The fourth-order valence-corrected chi connectivity index (χ4v) is 3.01. The molecule has 2 aliphatic heterocycles. The standard InChI is InChI=1S/C14H26N2O3.ClH/c1-18-11-14(4-6-15-7-5-14)13(17)16-9-12-3-2-8-19-10-12;/h12,15H,2-11H2,1H3,(H,16,17);1H. The third kappa shape index (κ3) is 4.58. The lowest BCUT2D eigenvalue weighted by Crippen LogP contribution is -2.51. The lowest BCUT2D eigenvalue weighted by Gasteiger charge is -2.36. The van der Waals surface area contributed by atoms with Crippen molar-refractivity contribution in [2.75, 3.05) is 46.6 Å². The molecule has 2 heterocycles. The fraction of sp³-hybridized carbons (Fsp3) is 0.929. The number of carbonyl (C=O) groups excluding carboxylic acids is 1. The maximum Gasteiger partial charge on any atom is 0.228 e. The highest BCUT2D eigenvalue weighted by Crippen LogP contribution is 2.29.